The van der Waals surface area contributed by atoms with Gasteiger partial charge < -0.3 is 5.32 Å². The molecule has 0 radical (unpaired) electrons. The predicted molar refractivity (Wildman–Crippen MR) is 104 cm³/mol. The predicted octanol–water partition coefficient (Wildman–Crippen LogP) is 4.91. The Labute approximate surface area is 158 Å². The number of carbonyl (C=O) groups is 1. The molecule has 0 spiro atoms. The molecule has 134 valence electrons. The highest BCUT2D eigenvalue weighted by Gasteiger charge is 2.23. The van der Waals surface area contributed by atoms with E-state index in [4.69, 9.17) is 11.6 Å². The average Bonchev–Trinajstić information content (AvgIpc) is 3.04. The number of aryl methyl sites for hydroxylation is 2. The van der Waals surface area contributed by atoms with E-state index in [1.807, 2.05) is 58.0 Å². The zero-order valence-corrected chi connectivity index (χ0v) is 16.0. The Morgan fingerprint density at radius 1 is 1.08 bits per heavy atom. The number of para-hydroxylation sites is 1. The van der Waals surface area contributed by atoms with Crippen LogP contribution in [0.2, 0.25) is 5.02 Å². The first-order chi connectivity index (χ1) is 12.4. The molecule has 0 saturated carbocycles. The lowest BCUT2D eigenvalue weighted by atomic mass is 10.1. The standard InChI is InChI=1S/C20H21ClN4O/c1-12(2)19-18(20(26)22-17-13(3)6-5-7-14(17)4)23-24-25(19)16-10-8-15(21)9-11-16/h5-12H,1-4H3,(H,22,26). The zero-order valence-electron chi connectivity index (χ0n) is 15.2. The van der Waals surface area contributed by atoms with Gasteiger partial charge in [-0.1, -0.05) is 48.9 Å². The smallest absolute Gasteiger partial charge is 0.278 e. The van der Waals surface area contributed by atoms with Crippen molar-refractivity contribution < 1.29 is 4.79 Å². The number of benzene rings is 2. The van der Waals surface area contributed by atoms with Crippen LogP contribution in [-0.2, 0) is 0 Å². The molecule has 3 aromatic rings. The van der Waals surface area contributed by atoms with E-state index in [0.29, 0.717) is 10.7 Å². The molecule has 0 fully saturated rings. The number of hydrogen-bond donors (Lipinski definition) is 1. The number of carbonyl (C=O) groups excluding carboxylic acids is 1. The molecule has 0 unspecified atom stereocenters. The van der Waals surface area contributed by atoms with Crippen LogP contribution in [0.3, 0.4) is 0 Å². The summed E-state index contributed by atoms with van der Waals surface area (Å²) in [4.78, 5) is 12.9. The minimum absolute atomic E-state index is 0.0689. The van der Waals surface area contributed by atoms with Gasteiger partial charge in [-0.05, 0) is 55.2 Å². The van der Waals surface area contributed by atoms with Crippen LogP contribution in [0, 0.1) is 13.8 Å². The Morgan fingerprint density at radius 2 is 1.69 bits per heavy atom. The van der Waals surface area contributed by atoms with Gasteiger partial charge in [0.25, 0.3) is 5.91 Å². The normalized spacial score (nSPS) is 11.0. The lowest BCUT2D eigenvalue weighted by molar-refractivity contribution is 0.102. The fraction of sp³-hybridized carbons (Fsp3) is 0.250. The molecule has 0 aliphatic rings. The SMILES string of the molecule is Cc1cccc(C)c1NC(=O)c1nnn(-c2ccc(Cl)cc2)c1C(C)C. The molecule has 26 heavy (non-hydrogen) atoms. The summed E-state index contributed by atoms with van der Waals surface area (Å²) < 4.78 is 1.70. The molecule has 0 atom stereocenters. The molecule has 1 amide bonds. The maximum Gasteiger partial charge on any atom is 0.278 e. The summed E-state index contributed by atoms with van der Waals surface area (Å²) in [6, 6.07) is 13.2. The molecule has 3 rings (SSSR count). The minimum atomic E-state index is -0.258. The van der Waals surface area contributed by atoms with Gasteiger partial charge >= 0.3 is 0 Å². The summed E-state index contributed by atoms with van der Waals surface area (Å²) in [6.07, 6.45) is 0. The lowest BCUT2D eigenvalue weighted by Crippen LogP contribution is -2.17. The number of aromatic nitrogens is 3. The second kappa shape index (κ2) is 7.30. The van der Waals surface area contributed by atoms with Crippen LogP contribution < -0.4 is 5.32 Å². The van der Waals surface area contributed by atoms with E-state index in [-0.39, 0.29) is 11.8 Å². The summed E-state index contributed by atoms with van der Waals surface area (Å²) in [5.41, 5.74) is 4.74. The largest absolute Gasteiger partial charge is 0.320 e. The fourth-order valence-electron chi connectivity index (χ4n) is 2.93. The van der Waals surface area contributed by atoms with Gasteiger partial charge in [-0.2, -0.15) is 0 Å². The van der Waals surface area contributed by atoms with Crippen LogP contribution >= 0.6 is 11.6 Å². The van der Waals surface area contributed by atoms with E-state index in [1.165, 1.54) is 0 Å². The van der Waals surface area contributed by atoms with Crippen molar-refractivity contribution in [2.75, 3.05) is 5.32 Å². The van der Waals surface area contributed by atoms with Crippen molar-refractivity contribution in [2.24, 2.45) is 0 Å². The van der Waals surface area contributed by atoms with Crippen molar-refractivity contribution in [1.29, 1.82) is 0 Å². The molecule has 0 aliphatic carbocycles. The van der Waals surface area contributed by atoms with Crippen LogP contribution in [0.15, 0.2) is 42.5 Å². The molecule has 1 aromatic heterocycles. The number of nitrogens with zero attached hydrogens (tertiary/aromatic N) is 3. The van der Waals surface area contributed by atoms with E-state index >= 15 is 0 Å². The van der Waals surface area contributed by atoms with Gasteiger partial charge in [-0.3, -0.25) is 4.79 Å². The minimum Gasteiger partial charge on any atom is -0.320 e. The van der Waals surface area contributed by atoms with Crippen LogP contribution in [0.1, 0.15) is 47.1 Å². The Kier molecular flexibility index (Phi) is 5.09. The molecular weight excluding hydrogens is 348 g/mol. The second-order valence-corrected chi connectivity index (χ2v) is 7.02. The molecule has 2 aromatic carbocycles. The van der Waals surface area contributed by atoms with E-state index in [2.05, 4.69) is 15.6 Å². The monoisotopic (exact) mass is 368 g/mol. The van der Waals surface area contributed by atoms with Gasteiger partial charge in [-0.25, -0.2) is 4.68 Å². The van der Waals surface area contributed by atoms with Crippen molar-refractivity contribution in [3.63, 3.8) is 0 Å². The first-order valence-corrected chi connectivity index (χ1v) is 8.85. The summed E-state index contributed by atoms with van der Waals surface area (Å²) in [6.45, 7) is 7.97. The van der Waals surface area contributed by atoms with Gasteiger partial charge in [0.1, 0.15) is 0 Å². The Morgan fingerprint density at radius 3 is 2.27 bits per heavy atom. The summed E-state index contributed by atoms with van der Waals surface area (Å²) in [5.74, 6) is -0.189. The highest BCUT2D eigenvalue weighted by molar-refractivity contribution is 6.30. The van der Waals surface area contributed by atoms with E-state index < -0.39 is 0 Å². The fourth-order valence-corrected chi connectivity index (χ4v) is 3.05. The quantitative estimate of drug-likeness (QED) is 0.711. The van der Waals surface area contributed by atoms with Crippen LogP contribution in [-0.4, -0.2) is 20.9 Å². The van der Waals surface area contributed by atoms with E-state index in [1.54, 1.807) is 16.8 Å². The van der Waals surface area contributed by atoms with Crippen molar-refractivity contribution >= 4 is 23.2 Å². The third kappa shape index (κ3) is 3.48. The number of hydrogen-bond acceptors (Lipinski definition) is 3. The van der Waals surface area contributed by atoms with Crippen molar-refractivity contribution in [2.45, 2.75) is 33.6 Å². The maximum atomic E-state index is 12.9. The molecule has 1 N–H and O–H groups in total. The summed E-state index contributed by atoms with van der Waals surface area (Å²) in [7, 11) is 0. The molecule has 5 nitrogen and oxygen atoms in total. The highest BCUT2D eigenvalue weighted by atomic mass is 35.5. The average molecular weight is 369 g/mol. The van der Waals surface area contributed by atoms with Gasteiger partial charge in [0.2, 0.25) is 0 Å². The Hall–Kier alpha value is -2.66. The summed E-state index contributed by atoms with van der Waals surface area (Å²) >= 11 is 5.97. The third-order valence-electron chi connectivity index (χ3n) is 4.26. The number of amides is 1. The lowest BCUT2D eigenvalue weighted by Gasteiger charge is -2.13. The highest BCUT2D eigenvalue weighted by Crippen LogP contribution is 2.25. The van der Waals surface area contributed by atoms with Gasteiger partial charge in [0, 0.05) is 10.7 Å². The number of nitrogens with one attached hydrogen (secondary N) is 1. The molecule has 1 heterocycles. The first-order valence-electron chi connectivity index (χ1n) is 8.47. The third-order valence-corrected chi connectivity index (χ3v) is 4.51. The van der Waals surface area contributed by atoms with E-state index in [0.717, 1.165) is 28.2 Å². The first kappa shape index (κ1) is 18.1. The second-order valence-electron chi connectivity index (χ2n) is 6.59. The van der Waals surface area contributed by atoms with Crippen LogP contribution in [0.4, 0.5) is 5.69 Å². The maximum absolute atomic E-state index is 12.9. The number of rotatable bonds is 4. The van der Waals surface area contributed by atoms with Crippen molar-refractivity contribution in [1.82, 2.24) is 15.0 Å². The molecule has 0 saturated heterocycles. The van der Waals surface area contributed by atoms with Crippen LogP contribution in [0.5, 0.6) is 0 Å². The zero-order chi connectivity index (χ0) is 18.8. The Balaban J connectivity index is 2.00. The molecule has 0 bridgehead atoms. The van der Waals surface area contributed by atoms with Crippen LogP contribution in [0.25, 0.3) is 5.69 Å². The molecular formula is C20H21ClN4O. The number of halogens is 1. The molecule has 6 heteroatoms. The number of anilines is 1. The van der Waals surface area contributed by atoms with Gasteiger partial charge in [0.05, 0.1) is 11.4 Å². The Bertz CT molecular complexity index is 925. The molecule has 0 aliphatic heterocycles. The topological polar surface area (TPSA) is 59.8 Å². The van der Waals surface area contributed by atoms with Crippen molar-refractivity contribution in [3.05, 3.63) is 70.0 Å². The van der Waals surface area contributed by atoms with Gasteiger partial charge in [-0.15, -0.1) is 5.10 Å². The van der Waals surface area contributed by atoms with E-state index in [9.17, 15) is 4.79 Å². The summed E-state index contributed by atoms with van der Waals surface area (Å²) in [5, 5.41) is 12.0. The van der Waals surface area contributed by atoms with Gasteiger partial charge in [0.15, 0.2) is 5.69 Å². The van der Waals surface area contributed by atoms with Crippen molar-refractivity contribution in [3.8, 4) is 5.69 Å².